The van der Waals surface area contributed by atoms with Crippen LogP contribution in [0.5, 0.6) is 0 Å². The van der Waals surface area contributed by atoms with Gasteiger partial charge in [-0.2, -0.15) is 0 Å². The van der Waals surface area contributed by atoms with Gasteiger partial charge in [0, 0.05) is 19.3 Å². The van der Waals surface area contributed by atoms with E-state index in [1.54, 1.807) is 18.3 Å². The lowest BCUT2D eigenvalue weighted by atomic mass is 9.93. The maximum Gasteiger partial charge on any atom is 0.326 e. The van der Waals surface area contributed by atoms with E-state index in [0.717, 1.165) is 19.0 Å². The van der Waals surface area contributed by atoms with Crippen LogP contribution in [-0.4, -0.2) is 35.0 Å². The molecule has 0 bridgehead atoms. The second-order valence-corrected chi connectivity index (χ2v) is 5.97. The largest absolute Gasteiger partial charge is 0.341 e. The minimum absolute atomic E-state index is 0.210. The topological polar surface area (TPSA) is 87.2 Å². The predicted molar refractivity (Wildman–Crippen MR) is 97.9 cm³/mol. The molecule has 136 valence electrons. The number of urea groups is 1. The van der Waals surface area contributed by atoms with Gasteiger partial charge in [-0.05, 0) is 30.9 Å². The van der Waals surface area contributed by atoms with Gasteiger partial charge in [0.15, 0.2) is 0 Å². The van der Waals surface area contributed by atoms with E-state index in [2.05, 4.69) is 32.4 Å². The van der Waals surface area contributed by atoms with E-state index in [0.29, 0.717) is 11.6 Å². The molecule has 0 aliphatic carbocycles. The highest BCUT2D eigenvalue weighted by molar-refractivity contribution is 6.13. The van der Waals surface area contributed by atoms with E-state index in [-0.39, 0.29) is 5.70 Å². The number of hydrogen-bond donors (Lipinski definition) is 2. The lowest BCUT2D eigenvalue weighted by Gasteiger charge is -2.31. The molecule has 0 unspecified atom stereocenters. The molecular weight excluding hydrogens is 318 g/mol. The first-order chi connectivity index (χ1) is 12.2. The molecule has 0 spiro atoms. The summed E-state index contributed by atoms with van der Waals surface area (Å²) >= 11 is 0. The minimum Gasteiger partial charge on any atom is -0.341 e. The quantitative estimate of drug-likeness (QED) is 0.647. The fraction of sp³-hybridized carbons (Fsp3) is 0.556. The normalized spacial score (nSPS) is 19.3. The first-order valence-corrected chi connectivity index (χ1v) is 9.07. The molecule has 3 heterocycles. The number of piperidine rings is 1. The molecule has 2 N–H and O–H groups in total. The molecule has 7 nitrogen and oxygen atoms in total. The lowest BCUT2D eigenvalue weighted by molar-refractivity contribution is -0.115. The number of imide groups is 1. The van der Waals surface area contributed by atoms with Crippen LogP contribution in [0, 0.1) is 5.92 Å². The van der Waals surface area contributed by atoms with Crippen molar-refractivity contribution >= 4 is 24.0 Å². The Morgan fingerprint density at radius 2 is 1.96 bits per heavy atom. The van der Waals surface area contributed by atoms with E-state index in [1.807, 2.05) is 13.8 Å². The van der Waals surface area contributed by atoms with E-state index in [1.165, 1.54) is 25.7 Å². The van der Waals surface area contributed by atoms with Crippen LogP contribution < -0.4 is 15.5 Å². The number of aromatic nitrogens is 2. The van der Waals surface area contributed by atoms with E-state index in [9.17, 15) is 9.59 Å². The first-order valence-electron chi connectivity index (χ1n) is 9.07. The molecule has 2 aliphatic heterocycles. The molecule has 2 saturated heterocycles. The van der Waals surface area contributed by atoms with Gasteiger partial charge < -0.3 is 10.2 Å². The highest BCUT2D eigenvalue weighted by Gasteiger charge is 2.23. The van der Waals surface area contributed by atoms with Gasteiger partial charge >= 0.3 is 6.03 Å². The fourth-order valence-corrected chi connectivity index (χ4v) is 3.05. The summed E-state index contributed by atoms with van der Waals surface area (Å²) in [7, 11) is 0. The molecule has 0 radical (unpaired) electrons. The Morgan fingerprint density at radius 3 is 2.56 bits per heavy atom. The molecule has 1 aromatic heterocycles. The van der Waals surface area contributed by atoms with Gasteiger partial charge in [-0.1, -0.05) is 33.6 Å². The number of rotatable bonds is 4. The average Bonchev–Trinajstić information content (AvgIpc) is 2.95. The summed E-state index contributed by atoms with van der Waals surface area (Å²) in [5.74, 6) is 1.05. The zero-order chi connectivity index (χ0) is 18.2. The van der Waals surface area contributed by atoms with Crippen LogP contribution in [0.1, 0.15) is 52.1 Å². The molecule has 0 saturated carbocycles. The van der Waals surface area contributed by atoms with Gasteiger partial charge in [-0.25, -0.2) is 14.8 Å². The summed E-state index contributed by atoms with van der Waals surface area (Å²) < 4.78 is 0. The van der Waals surface area contributed by atoms with Crippen LogP contribution in [0.2, 0.25) is 0 Å². The molecule has 0 aromatic carbocycles. The number of carbonyl (C=O) groups is 2. The standard InChI is InChI=1S/C16H21N5O2.C2H6/c1-2-3-11-5-8-21(9-6-11)15-17-7-4-12(18-15)10-13-14(22)20-16(23)19-13;1-2/h4,7,10-11H,2-3,5-6,8-9H2,1H3,(H2,19,20,22,23);1-2H3/b13-10-;. The van der Waals surface area contributed by atoms with Crippen molar-refractivity contribution in [2.75, 3.05) is 18.0 Å². The maximum absolute atomic E-state index is 11.6. The Labute approximate surface area is 148 Å². The van der Waals surface area contributed by atoms with E-state index >= 15 is 0 Å². The van der Waals surface area contributed by atoms with Gasteiger partial charge in [0.25, 0.3) is 5.91 Å². The number of hydrogen-bond acceptors (Lipinski definition) is 5. The summed E-state index contributed by atoms with van der Waals surface area (Å²) in [6.45, 7) is 8.15. The Hall–Kier alpha value is -2.44. The molecular formula is C18H27N5O2. The summed E-state index contributed by atoms with van der Waals surface area (Å²) in [6.07, 6.45) is 8.10. The van der Waals surface area contributed by atoms with Crippen molar-refractivity contribution in [3.63, 3.8) is 0 Å². The van der Waals surface area contributed by atoms with Crippen molar-refractivity contribution in [1.29, 1.82) is 0 Å². The maximum atomic E-state index is 11.6. The predicted octanol–water partition coefficient (Wildman–Crippen LogP) is 2.70. The van der Waals surface area contributed by atoms with Crippen LogP contribution >= 0.6 is 0 Å². The molecule has 7 heteroatoms. The van der Waals surface area contributed by atoms with Crippen molar-refractivity contribution in [3.8, 4) is 0 Å². The Balaban J connectivity index is 0.00000109. The third-order valence-corrected chi connectivity index (χ3v) is 4.27. The van der Waals surface area contributed by atoms with Gasteiger partial charge in [0.05, 0.1) is 5.69 Å². The van der Waals surface area contributed by atoms with Crippen LogP contribution in [0.25, 0.3) is 6.08 Å². The molecule has 2 fully saturated rings. The van der Waals surface area contributed by atoms with Gasteiger partial charge in [0.2, 0.25) is 5.95 Å². The number of anilines is 1. The Kier molecular flexibility index (Phi) is 6.91. The molecule has 1 aromatic rings. The third-order valence-electron chi connectivity index (χ3n) is 4.27. The van der Waals surface area contributed by atoms with E-state index in [4.69, 9.17) is 0 Å². The molecule has 0 atom stereocenters. The molecule has 25 heavy (non-hydrogen) atoms. The number of nitrogens with zero attached hydrogens (tertiary/aromatic N) is 3. The highest BCUT2D eigenvalue weighted by Crippen LogP contribution is 2.24. The van der Waals surface area contributed by atoms with Crippen molar-refractivity contribution < 1.29 is 9.59 Å². The molecule has 3 rings (SSSR count). The van der Waals surface area contributed by atoms with Gasteiger partial charge in [-0.3, -0.25) is 10.1 Å². The SMILES string of the molecule is CC.CCCC1CCN(c2nccc(/C=C3\NC(=O)NC3=O)n2)CC1. The monoisotopic (exact) mass is 345 g/mol. The van der Waals surface area contributed by atoms with Crippen molar-refractivity contribution in [2.45, 2.75) is 46.5 Å². The average molecular weight is 345 g/mol. The van der Waals surface area contributed by atoms with Crippen LogP contribution in [0.15, 0.2) is 18.0 Å². The van der Waals surface area contributed by atoms with Crippen molar-refractivity contribution in [1.82, 2.24) is 20.6 Å². The minimum atomic E-state index is -0.506. The van der Waals surface area contributed by atoms with Crippen molar-refractivity contribution in [2.24, 2.45) is 5.92 Å². The van der Waals surface area contributed by atoms with Crippen LogP contribution in [0.3, 0.4) is 0 Å². The smallest absolute Gasteiger partial charge is 0.326 e. The second-order valence-electron chi connectivity index (χ2n) is 5.97. The third kappa shape index (κ3) is 5.01. The second kappa shape index (κ2) is 9.15. The summed E-state index contributed by atoms with van der Waals surface area (Å²) in [5, 5.41) is 4.63. The van der Waals surface area contributed by atoms with Gasteiger partial charge in [0.1, 0.15) is 5.70 Å². The number of carbonyl (C=O) groups excluding carboxylic acids is 2. The number of nitrogens with one attached hydrogen (secondary N) is 2. The van der Waals surface area contributed by atoms with E-state index < -0.39 is 11.9 Å². The zero-order valence-corrected chi connectivity index (χ0v) is 15.2. The summed E-state index contributed by atoms with van der Waals surface area (Å²) in [6, 6.07) is 1.21. The molecule has 2 aliphatic rings. The number of amides is 3. The Morgan fingerprint density at radius 1 is 1.24 bits per heavy atom. The van der Waals surface area contributed by atoms with Crippen LogP contribution in [0.4, 0.5) is 10.7 Å². The summed E-state index contributed by atoms with van der Waals surface area (Å²) in [5.41, 5.74) is 0.819. The van der Waals surface area contributed by atoms with Crippen molar-refractivity contribution in [3.05, 3.63) is 23.7 Å². The van der Waals surface area contributed by atoms with Gasteiger partial charge in [-0.15, -0.1) is 0 Å². The highest BCUT2D eigenvalue weighted by atomic mass is 16.2. The Bertz CT molecular complexity index is 636. The zero-order valence-electron chi connectivity index (χ0n) is 15.2. The molecule has 3 amide bonds. The first kappa shape index (κ1) is 18.9. The fourth-order valence-electron chi connectivity index (χ4n) is 3.05. The summed E-state index contributed by atoms with van der Waals surface area (Å²) in [4.78, 5) is 33.7. The lowest BCUT2D eigenvalue weighted by Crippen LogP contribution is -2.34. The van der Waals surface area contributed by atoms with Crippen LogP contribution in [-0.2, 0) is 4.79 Å².